The number of benzene rings is 1. The number of halogens is 1. The first kappa shape index (κ1) is 12.5. The van der Waals surface area contributed by atoms with E-state index in [1.54, 1.807) is 0 Å². The average Bonchev–Trinajstić information content (AvgIpc) is 2.19. The first-order valence-electron chi connectivity index (χ1n) is 5.53. The average molecular weight is 226 g/mol. The van der Waals surface area contributed by atoms with E-state index in [9.17, 15) is 0 Å². The Kier molecular flexibility index (Phi) is 5.13. The molecule has 0 aliphatic rings. The van der Waals surface area contributed by atoms with Gasteiger partial charge in [-0.2, -0.15) is 0 Å². The summed E-state index contributed by atoms with van der Waals surface area (Å²) >= 11 is 5.85. The molecule has 1 N–H and O–H groups in total. The molecule has 84 valence electrons. The van der Waals surface area contributed by atoms with Gasteiger partial charge in [0.15, 0.2) is 0 Å². The van der Waals surface area contributed by atoms with Gasteiger partial charge >= 0.3 is 0 Å². The molecule has 0 fully saturated rings. The molecule has 0 saturated heterocycles. The fourth-order valence-electron chi connectivity index (χ4n) is 1.78. The van der Waals surface area contributed by atoms with E-state index in [0.717, 1.165) is 17.4 Å². The van der Waals surface area contributed by atoms with Crippen LogP contribution in [0.2, 0.25) is 5.02 Å². The van der Waals surface area contributed by atoms with Gasteiger partial charge in [-0.1, -0.05) is 37.6 Å². The molecule has 0 aliphatic heterocycles. The van der Waals surface area contributed by atoms with Crippen molar-refractivity contribution in [3.8, 4) is 0 Å². The molecule has 0 bridgehead atoms. The summed E-state index contributed by atoms with van der Waals surface area (Å²) in [6.45, 7) is 4.51. The van der Waals surface area contributed by atoms with E-state index in [2.05, 4.69) is 31.3 Å². The van der Waals surface area contributed by atoms with E-state index < -0.39 is 0 Å². The molecular weight excluding hydrogens is 206 g/mol. The first-order valence-corrected chi connectivity index (χ1v) is 5.91. The quantitative estimate of drug-likeness (QED) is 0.809. The number of hydrogen-bond donors (Lipinski definition) is 1. The molecule has 0 spiro atoms. The minimum atomic E-state index is 0.561. The lowest BCUT2D eigenvalue weighted by Crippen LogP contribution is -2.29. The van der Waals surface area contributed by atoms with Crippen molar-refractivity contribution in [2.45, 2.75) is 32.7 Å². The fraction of sp³-hybridized carbons (Fsp3) is 0.538. The van der Waals surface area contributed by atoms with Gasteiger partial charge in [0.2, 0.25) is 0 Å². The van der Waals surface area contributed by atoms with Gasteiger partial charge in [-0.05, 0) is 43.5 Å². The number of rotatable bonds is 5. The van der Waals surface area contributed by atoms with Gasteiger partial charge < -0.3 is 5.32 Å². The van der Waals surface area contributed by atoms with Crippen molar-refractivity contribution >= 4 is 11.6 Å². The van der Waals surface area contributed by atoms with Gasteiger partial charge in [0.05, 0.1) is 0 Å². The second kappa shape index (κ2) is 6.14. The molecule has 1 aromatic carbocycles. The van der Waals surface area contributed by atoms with Crippen molar-refractivity contribution in [3.63, 3.8) is 0 Å². The van der Waals surface area contributed by atoms with E-state index in [1.165, 1.54) is 12.0 Å². The van der Waals surface area contributed by atoms with Crippen LogP contribution in [0.15, 0.2) is 24.3 Å². The number of nitrogens with one attached hydrogen (secondary N) is 1. The third-order valence-corrected chi connectivity index (χ3v) is 2.81. The van der Waals surface area contributed by atoms with E-state index in [1.807, 2.05) is 19.2 Å². The van der Waals surface area contributed by atoms with E-state index in [-0.39, 0.29) is 0 Å². The zero-order valence-corrected chi connectivity index (χ0v) is 10.5. The SMILES string of the molecule is CNC(Cc1ccc(Cl)cc1)CC(C)C. The molecule has 0 saturated carbocycles. The molecule has 0 radical (unpaired) electrons. The number of hydrogen-bond acceptors (Lipinski definition) is 1. The van der Waals surface area contributed by atoms with Gasteiger partial charge in [-0.3, -0.25) is 0 Å². The summed E-state index contributed by atoms with van der Waals surface area (Å²) in [5.41, 5.74) is 1.35. The lowest BCUT2D eigenvalue weighted by atomic mass is 9.97. The Bertz CT molecular complexity index is 279. The smallest absolute Gasteiger partial charge is 0.0406 e. The molecule has 1 aromatic rings. The standard InChI is InChI=1S/C13H20ClN/c1-10(2)8-13(15-3)9-11-4-6-12(14)7-5-11/h4-7,10,13,15H,8-9H2,1-3H3. The molecule has 15 heavy (non-hydrogen) atoms. The highest BCUT2D eigenvalue weighted by atomic mass is 35.5. The normalized spacial score (nSPS) is 13.1. The molecule has 1 atom stereocenters. The molecule has 1 rings (SSSR count). The first-order chi connectivity index (χ1) is 7.11. The van der Waals surface area contributed by atoms with Crippen molar-refractivity contribution in [1.29, 1.82) is 0 Å². The van der Waals surface area contributed by atoms with Crippen molar-refractivity contribution in [3.05, 3.63) is 34.9 Å². The monoisotopic (exact) mass is 225 g/mol. The Morgan fingerprint density at radius 1 is 1.20 bits per heavy atom. The Hall–Kier alpha value is -0.530. The summed E-state index contributed by atoms with van der Waals surface area (Å²) in [4.78, 5) is 0. The molecule has 0 aromatic heterocycles. The van der Waals surface area contributed by atoms with E-state index >= 15 is 0 Å². The summed E-state index contributed by atoms with van der Waals surface area (Å²) in [5, 5.41) is 4.17. The molecule has 0 heterocycles. The van der Waals surface area contributed by atoms with Crippen molar-refractivity contribution in [2.75, 3.05) is 7.05 Å². The van der Waals surface area contributed by atoms with Crippen LogP contribution in [0.5, 0.6) is 0 Å². The van der Waals surface area contributed by atoms with Gasteiger partial charge in [-0.25, -0.2) is 0 Å². The second-order valence-corrected chi connectivity index (χ2v) is 4.88. The summed E-state index contributed by atoms with van der Waals surface area (Å²) in [6.07, 6.45) is 2.28. The van der Waals surface area contributed by atoms with Gasteiger partial charge in [0, 0.05) is 11.1 Å². The van der Waals surface area contributed by atoms with Gasteiger partial charge in [-0.15, -0.1) is 0 Å². The third kappa shape index (κ3) is 4.67. The molecule has 1 nitrogen and oxygen atoms in total. The largest absolute Gasteiger partial charge is 0.317 e. The molecular formula is C13H20ClN. The maximum atomic E-state index is 5.85. The van der Waals surface area contributed by atoms with Gasteiger partial charge in [0.1, 0.15) is 0 Å². The van der Waals surface area contributed by atoms with Crippen LogP contribution in [0.25, 0.3) is 0 Å². The summed E-state index contributed by atoms with van der Waals surface area (Å²) in [7, 11) is 2.03. The predicted octanol–water partition coefficient (Wildman–Crippen LogP) is 3.52. The summed E-state index contributed by atoms with van der Waals surface area (Å²) in [6, 6.07) is 8.68. The topological polar surface area (TPSA) is 12.0 Å². The summed E-state index contributed by atoms with van der Waals surface area (Å²) < 4.78 is 0. The Morgan fingerprint density at radius 2 is 1.80 bits per heavy atom. The van der Waals surface area contributed by atoms with Crippen LogP contribution in [0, 0.1) is 5.92 Å². The Morgan fingerprint density at radius 3 is 2.27 bits per heavy atom. The predicted molar refractivity (Wildman–Crippen MR) is 67.5 cm³/mol. The van der Waals surface area contributed by atoms with Crippen LogP contribution >= 0.6 is 11.6 Å². The van der Waals surface area contributed by atoms with Crippen LogP contribution in [-0.2, 0) is 6.42 Å². The third-order valence-electron chi connectivity index (χ3n) is 2.56. The van der Waals surface area contributed by atoms with E-state index in [0.29, 0.717) is 6.04 Å². The highest BCUT2D eigenvalue weighted by molar-refractivity contribution is 6.30. The van der Waals surface area contributed by atoms with Crippen LogP contribution in [0.4, 0.5) is 0 Å². The second-order valence-electron chi connectivity index (χ2n) is 4.45. The zero-order valence-electron chi connectivity index (χ0n) is 9.76. The lowest BCUT2D eigenvalue weighted by Gasteiger charge is -2.18. The molecule has 0 amide bonds. The van der Waals surface area contributed by atoms with Crippen LogP contribution < -0.4 is 5.32 Å². The van der Waals surface area contributed by atoms with Crippen molar-refractivity contribution < 1.29 is 0 Å². The maximum Gasteiger partial charge on any atom is 0.0406 e. The maximum absolute atomic E-state index is 5.85. The fourth-order valence-corrected chi connectivity index (χ4v) is 1.90. The van der Waals surface area contributed by atoms with Crippen LogP contribution in [0.3, 0.4) is 0 Å². The minimum Gasteiger partial charge on any atom is -0.317 e. The van der Waals surface area contributed by atoms with Crippen LogP contribution in [-0.4, -0.2) is 13.1 Å². The molecule has 0 aliphatic carbocycles. The van der Waals surface area contributed by atoms with Gasteiger partial charge in [0.25, 0.3) is 0 Å². The van der Waals surface area contributed by atoms with E-state index in [4.69, 9.17) is 11.6 Å². The van der Waals surface area contributed by atoms with Crippen LogP contribution in [0.1, 0.15) is 25.8 Å². The highest BCUT2D eigenvalue weighted by Gasteiger charge is 2.09. The molecule has 2 heteroatoms. The highest BCUT2D eigenvalue weighted by Crippen LogP contribution is 2.14. The Labute approximate surface area is 97.8 Å². The molecule has 1 unspecified atom stereocenters. The van der Waals surface area contributed by atoms with Crippen molar-refractivity contribution in [1.82, 2.24) is 5.32 Å². The Balaban J connectivity index is 2.54. The minimum absolute atomic E-state index is 0.561. The van der Waals surface area contributed by atoms with Crippen molar-refractivity contribution in [2.24, 2.45) is 5.92 Å². The number of likely N-dealkylation sites (N-methyl/N-ethyl adjacent to an activating group) is 1. The summed E-state index contributed by atoms with van der Waals surface area (Å²) in [5.74, 6) is 0.731. The zero-order chi connectivity index (χ0) is 11.3. The lowest BCUT2D eigenvalue weighted by molar-refractivity contribution is 0.441.